The molecule has 0 spiro atoms. The molecule has 2 aromatic heterocycles. The monoisotopic (exact) mass is 464 g/mol. The van der Waals surface area contributed by atoms with E-state index < -0.39 is 11.8 Å². The summed E-state index contributed by atoms with van der Waals surface area (Å²) in [6, 6.07) is 8.19. The number of fused-ring (bicyclic) bond motifs is 1. The molecule has 1 aromatic carbocycles. The van der Waals surface area contributed by atoms with Gasteiger partial charge in [0.15, 0.2) is 5.76 Å². The maximum absolute atomic E-state index is 12.7. The van der Waals surface area contributed by atoms with Gasteiger partial charge in [0.25, 0.3) is 11.8 Å². The molecule has 176 valence electrons. The smallest absolute Gasteiger partial charge is 0.305 e. The number of nitrogens with zero attached hydrogens (tertiary/aromatic N) is 1. The number of methoxy groups -OCH3 is 1. The first-order valence-corrected chi connectivity index (χ1v) is 10.7. The first-order chi connectivity index (χ1) is 16.4. The predicted molar refractivity (Wildman–Crippen MR) is 122 cm³/mol. The van der Waals surface area contributed by atoms with Gasteiger partial charge in [-0.05, 0) is 57.0 Å². The lowest BCUT2D eigenvalue weighted by Crippen LogP contribution is -2.41. The van der Waals surface area contributed by atoms with E-state index in [4.69, 9.17) is 13.6 Å². The maximum atomic E-state index is 12.7. The fraction of sp³-hybridized carbons (Fsp3) is 0.250. The molecule has 2 heterocycles. The molecule has 0 radical (unpaired) electrons. The Labute approximate surface area is 195 Å². The molecule has 0 saturated carbocycles. The van der Waals surface area contributed by atoms with Crippen molar-refractivity contribution >= 4 is 23.4 Å². The van der Waals surface area contributed by atoms with Crippen molar-refractivity contribution in [2.75, 3.05) is 7.11 Å². The minimum Gasteiger partial charge on any atom is -0.497 e. The number of furan rings is 2. The molecule has 1 aliphatic carbocycles. The first-order valence-electron chi connectivity index (χ1n) is 10.7. The number of nitrogens with one attached hydrogen (secondary N) is 3. The average molecular weight is 464 g/mol. The number of ether oxygens (including phenoxy) is 1. The second kappa shape index (κ2) is 9.65. The van der Waals surface area contributed by atoms with Crippen LogP contribution in [0.1, 0.15) is 66.8 Å². The Morgan fingerprint density at radius 3 is 2.38 bits per heavy atom. The number of carbonyl (C=O) groups excluding carboxylic acids is 3. The molecule has 0 saturated heterocycles. The second-order valence-electron chi connectivity index (χ2n) is 7.73. The Hall–Kier alpha value is -4.34. The number of amides is 3. The summed E-state index contributed by atoms with van der Waals surface area (Å²) < 4.78 is 16.0. The van der Waals surface area contributed by atoms with Gasteiger partial charge in [-0.25, -0.2) is 5.43 Å². The van der Waals surface area contributed by atoms with E-state index in [0.29, 0.717) is 58.1 Å². The van der Waals surface area contributed by atoms with Gasteiger partial charge in [-0.15, -0.1) is 0 Å². The highest BCUT2D eigenvalue weighted by Crippen LogP contribution is 2.29. The lowest BCUT2D eigenvalue weighted by atomic mass is 9.93. The highest BCUT2D eigenvalue weighted by atomic mass is 16.5. The van der Waals surface area contributed by atoms with Crippen LogP contribution in [0.25, 0.3) is 0 Å². The van der Waals surface area contributed by atoms with Crippen molar-refractivity contribution in [2.45, 2.75) is 33.1 Å². The molecule has 10 heteroatoms. The fourth-order valence-electron chi connectivity index (χ4n) is 3.78. The van der Waals surface area contributed by atoms with Crippen LogP contribution in [0.4, 0.5) is 0 Å². The third-order valence-corrected chi connectivity index (χ3v) is 5.57. The summed E-state index contributed by atoms with van der Waals surface area (Å²) in [6.07, 6.45) is 3.41. The summed E-state index contributed by atoms with van der Waals surface area (Å²) in [6.45, 7) is 3.39. The minimum absolute atomic E-state index is 0.0743. The molecule has 34 heavy (non-hydrogen) atoms. The predicted octanol–water partition coefficient (Wildman–Crippen LogP) is 3.04. The molecule has 0 atom stereocenters. The molecule has 3 N–H and O–H groups in total. The summed E-state index contributed by atoms with van der Waals surface area (Å²) in [5.74, 6) is 0.317. The van der Waals surface area contributed by atoms with Gasteiger partial charge in [-0.2, -0.15) is 5.10 Å². The Morgan fingerprint density at radius 1 is 0.971 bits per heavy atom. The summed E-state index contributed by atoms with van der Waals surface area (Å²) in [4.78, 5) is 37.4. The Bertz CT molecular complexity index is 1270. The van der Waals surface area contributed by atoms with E-state index in [0.717, 1.165) is 6.42 Å². The van der Waals surface area contributed by atoms with Crippen LogP contribution >= 0.6 is 0 Å². The quantitative estimate of drug-likeness (QED) is 0.497. The SMILES string of the molecule is COc1ccc(C(=O)N/N=C2\CCCc3oc(C(=O)NNC(=O)c4ccoc4C)c(C)c32)cc1. The topological polar surface area (TPSA) is 135 Å². The number of aryl methyl sites for hydroxylation is 2. The summed E-state index contributed by atoms with van der Waals surface area (Å²) in [5.41, 5.74) is 9.96. The molecule has 0 bridgehead atoms. The molecule has 4 rings (SSSR count). The average Bonchev–Trinajstić information content (AvgIpc) is 3.44. The maximum Gasteiger partial charge on any atom is 0.305 e. The lowest BCUT2D eigenvalue weighted by molar-refractivity contribution is 0.0828. The Kier molecular flexibility index (Phi) is 6.48. The number of benzene rings is 1. The summed E-state index contributed by atoms with van der Waals surface area (Å²) in [5, 5.41) is 4.31. The van der Waals surface area contributed by atoms with Gasteiger partial charge < -0.3 is 13.6 Å². The van der Waals surface area contributed by atoms with Crippen LogP contribution in [0, 0.1) is 13.8 Å². The first kappa shape index (κ1) is 22.8. The molecule has 3 aromatic rings. The van der Waals surface area contributed by atoms with Gasteiger partial charge in [0.2, 0.25) is 0 Å². The van der Waals surface area contributed by atoms with E-state index in [2.05, 4.69) is 21.4 Å². The van der Waals surface area contributed by atoms with Crippen LogP contribution in [0.15, 0.2) is 50.5 Å². The zero-order chi connectivity index (χ0) is 24.2. The van der Waals surface area contributed by atoms with Gasteiger partial charge in [-0.1, -0.05) is 0 Å². The fourth-order valence-corrected chi connectivity index (χ4v) is 3.78. The molecule has 0 fully saturated rings. The molecular weight excluding hydrogens is 440 g/mol. The van der Waals surface area contributed by atoms with E-state index in [9.17, 15) is 14.4 Å². The number of carbonyl (C=O) groups is 3. The van der Waals surface area contributed by atoms with Crippen LogP contribution in [-0.4, -0.2) is 30.5 Å². The van der Waals surface area contributed by atoms with E-state index in [-0.39, 0.29) is 11.7 Å². The number of hydrazine groups is 1. The highest BCUT2D eigenvalue weighted by Gasteiger charge is 2.28. The number of hydrogen-bond acceptors (Lipinski definition) is 7. The normalized spacial score (nSPS) is 13.8. The van der Waals surface area contributed by atoms with Crippen LogP contribution in [0.2, 0.25) is 0 Å². The van der Waals surface area contributed by atoms with Crippen LogP contribution in [-0.2, 0) is 6.42 Å². The van der Waals surface area contributed by atoms with E-state index in [1.807, 2.05) is 0 Å². The Balaban J connectivity index is 1.47. The molecule has 0 unspecified atom stereocenters. The van der Waals surface area contributed by atoms with Crippen LogP contribution in [0.5, 0.6) is 5.75 Å². The molecular formula is C24H24N4O6. The molecule has 0 aliphatic heterocycles. The summed E-state index contributed by atoms with van der Waals surface area (Å²) in [7, 11) is 1.55. The van der Waals surface area contributed by atoms with Gasteiger partial charge >= 0.3 is 5.91 Å². The van der Waals surface area contributed by atoms with Gasteiger partial charge in [0, 0.05) is 23.1 Å². The molecule has 3 amide bonds. The number of hydrogen-bond donors (Lipinski definition) is 3. The van der Waals surface area contributed by atoms with Gasteiger partial charge in [-0.3, -0.25) is 25.2 Å². The van der Waals surface area contributed by atoms with Crippen molar-refractivity contribution in [1.82, 2.24) is 16.3 Å². The van der Waals surface area contributed by atoms with Gasteiger partial charge in [0.1, 0.15) is 17.3 Å². The zero-order valence-electron chi connectivity index (χ0n) is 19.0. The van der Waals surface area contributed by atoms with Gasteiger partial charge in [0.05, 0.1) is 24.6 Å². The van der Waals surface area contributed by atoms with Crippen molar-refractivity contribution < 1.29 is 28.0 Å². The third kappa shape index (κ3) is 4.56. The number of hydrazone groups is 1. The minimum atomic E-state index is -0.594. The second-order valence-corrected chi connectivity index (χ2v) is 7.73. The van der Waals surface area contributed by atoms with Crippen molar-refractivity contribution in [1.29, 1.82) is 0 Å². The van der Waals surface area contributed by atoms with Crippen LogP contribution in [0.3, 0.4) is 0 Å². The van der Waals surface area contributed by atoms with E-state index in [1.54, 1.807) is 45.2 Å². The molecule has 10 nitrogen and oxygen atoms in total. The Morgan fingerprint density at radius 2 is 1.71 bits per heavy atom. The highest BCUT2D eigenvalue weighted by molar-refractivity contribution is 6.07. The van der Waals surface area contributed by atoms with Crippen molar-refractivity contribution in [3.63, 3.8) is 0 Å². The van der Waals surface area contributed by atoms with E-state index >= 15 is 0 Å². The van der Waals surface area contributed by atoms with Crippen LogP contribution < -0.4 is 21.0 Å². The molecule has 1 aliphatic rings. The largest absolute Gasteiger partial charge is 0.497 e. The van der Waals surface area contributed by atoms with Crippen molar-refractivity contribution in [3.8, 4) is 5.75 Å². The summed E-state index contributed by atoms with van der Waals surface area (Å²) >= 11 is 0. The van der Waals surface area contributed by atoms with E-state index in [1.165, 1.54) is 12.3 Å². The van der Waals surface area contributed by atoms with Crippen molar-refractivity contribution in [3.05, 3.63) is 76.1 Å². The van der Waals surface area contributed by atoms with Crippen molar-refractivity contribution in [2.24, 2.45) is 5.10 Å². The standard InChI is InChI=1S/C24H24N4O6/c1-13-20-18(25-26-22(29)15-7-9-16(32-3)10-8-15)5-4-6-19(20)34-21(13)24(31)28-27-23(30)17-11-12-33-14(17)2/h7-12H,4-6H2,1-3H3,(H,26,29)(H,27,30)(H,28,31)/b25-18+. The lowest BCUT2D eigenvalue weighted by Gasteiger charge is -2.13. The number of rotatable bonds is 5. The third-order valence-electron chi connectivity index (χ3n) is 5.57. The zero-order valence-corrected chi connectivity index (χ0v) is 19.0.